The Labute approximate surface area is 173 Å². The maximum atomic E-state index is 13.6. The summed E-state index contributed by atoms with van der Waals surface area (Å²) in [5.74, 6) is -0.172. The number of ketones is 1. The topological polar surface area (TPSA) is 106 Å². The number of benzene rings is 1. The van der Waals surface area contributed by atoms with E-state index in [9.17, 15) is 14.4 Å². The van der Waals surface area contributed by atoms with Gasteiger partial charge in [-0.2, -0.15) is 10.4 Å². The molecule has 1 aliphatic heterocycles. The number of H-pyrrole nitrogens is 1. The molecular weight excluding hydrogens is 383 g/mol. The number of aromatic nitrogens is 3. The van der Waals surface area contributed by atoms with Crippen molar-refractivity contribution in [2.24, 2.45) is 0 Å². The first-order valence-corrected chi connectivity index (χ1v) is 9.86. The minimum atomic E-state index is -0.646. The third-order valence-corrected chi connectivity index (χ3v) is 5.29. The maximum Gasteiger partial charge on any atom is 0.204 e. The van der Waals surface area contributed by atoms with E-state index < -0.39 is 6.04 Å². The van der Waals surface area contributed by atoms with Gasteiger partial charge >= 0.3 is 0 Å². The molecule has 8 heteroatoms. The van der Waals surface area contributed by atoms with Crippen molar-refractivity contribution >= 4 is 11.6 Å². The maximum absolute atomic E-state index is 13.6. The predicted molar refractivity (Wildman–Crippen MR) is 110 cm³/mol. The Morgan fingerprint density at radius 1 is 1.27 bits per heavy atom. The lowest BCUT2D eigenvalue weighted by Gasteiger charge is -2.31. The average Bonchev–Trinajstić information content (AvgIpc) is 3.28. The second-order valence-electron chi connectivity index (χ2n) is 7.22. The summed E-state index contributed by atoms with van der Waals surface area (Å²) in [6.45, 7) is 0.817. The Morgan fingerprint density at radius 2 is 2.10 bits per heavy atom. The highest BCUT2D eigenvalue weighted by atomic mass is 19.1. The summed E-state index contributed by atoms with van der Waals surface area (Å²) in [6, 6.07) is 10.6. The molecule has 3 heterocycles. The molecule has 0 bridgehead atoms. The highest BCUT2D eigenvalue weighted by Gasteiger charge is 2.33. The van der Waals surface area contributed by atoms with Crippen LogP contribution in [0.5, 0.6) is 0 Å². The van der Waals surface area contributed by atoms with Crippen molar-refractivity contribution in [1.29, 1.82) is 5.26 Å². The Hall–Kier alpha value is -3.57. The molecule has 3 aromatic rings. The molecule has 2 atom stereocenters. The zero-order chi connectivity index (χ0) is 20.9. The second kappa shape index (κ2) is 8.84. The zero-order valence-corrected chi connectivity index (χ0v) is 16.2. The molecule has 0 amide bonds. The molecular formula is C22H21FN6O. The lowest BCUT2D eigenvalue weighted by molar-refractivity contribution is 0.0941. The van der Waals surface area contributed by atoms with E-state index in [4.69, 9.17) is 0 Å². The number of nitrogens with one attached hydrogen (secondary N) is 3. The molecule has 7 nitrogen and oxygen atoms in total. The lowest BCUT2D eigenvalue weighted by atomic mass is 9.91. The number of nitrogens with zero attached hydrogens (tertiary/aromatic N) is 3. The van der Waals surface area contributed by atoms with Crippen molar-refractivity contribution in [3.63, 3.8) is 0 Å². The van der Waals surface area contributed by atoms with Crippen molar-refractivity contribution < 1.29 is 9.18 Å². The summed E-state index contributed by atoms with van der Waals surface area (Å²) >= 11 is 0. The summed E-state index contributed by atoms with van der Waals surface area (Å²) in [6.07, 6.45) is 6.02. The van der Waals surface area contributed by atoms with Crippen LogP contribution < -0.4 is 10.6 Å². The third kappa shape index (κ3) is 4.07. The SMILES string of the molecule is N#Cc1cccnc1N[C@H](C(=O)c1[nH]ncc1-c1ccc(F)cc1)C1CCCCN1. The highest BCUT2D eigenvalue weighted by molar-refractivity contribution is 6.05. The van der Waals surface area contributed by atoms with Gasteiger partial charge in [0, 0.05) is 17.8 Å². The van der Waals surface area contributed by atoms with E-state index in [1.54, 1.807) is 36.7 Å². The number of piperidine rings is 1. The second-order valence-corrected chi connectivity index (χ2v) is 7.22. The summed E-state index contributed by atoms with van der Waals surface area (Å²) in [7, 11) is 0. The smallest absolute Gasteiger partial charge is 0.204 e. The molecule has 1 saturated heterocycles. The van der Waals surface area contributed by atoms with Gasteiger partial charge in [-0.25, -0.2) is 9.37 Å². The van der Waals surface area contributed by atoms with E-state index in [-0.39, 0.29) is 17.6 Å². The molecule has 3 N–H and O–H groups in total. The number of anilines is 1. The number of carbonyl (C=O) groups is 1. The van der Waals surface area contributed by atoms with Gasteiger partial charge in [-0.05, 0) is 49.2 Å². The molecule has 0 spiro atoms. The first kappa shape index (κ1) is 19.7. The number of hydrogen-bond acceptors (Lipinski definition) is 6. The Kier molecular flexibility index (Phi) is 5.82. The Bertz CT molecular complexity index is 1070. The number of carbonyl (C=O) groups excluding carboxylic acids is 1. The molecule has 1 aromatic carbocycles. The molecule has 1 aliphatic rings. The lowest BCUT2D eigenvalue weighted by Crippen LogP contribution is -2.51. The normalized spacial score (nSPS) is 17.1. The number of nitriles is 1. The van der Waals surface area contributed by atoms with Gasteiger partial charge in [0.05, 0.1) is 11.8 Å². The van der Waals surface area contributed by atoms with Crippen LogP contribution in [0.4, 0.5) is 10.2 Å². The first-order chi connectivity index (χ1) is 14.7. The van der Waals surface area contributed by atoms with E-state index in [1.165, 1.54) is 12.1 Å². The fourth-order valence-electron chi connectivity index (χ4n) is 3.75. The van der Waals surface area contributed by atoms with Crippen molar-refractivity contribution in [2.45, 2.75) is 31.3 Å². The number of hydrogen-bond donors (Lipinski definition) is 3. The minimum absolute atomic E-state index is 0.121. The van der Waals surface area contributed by atoms with Crippen LogP contribution in [0.1, 0.15) is 35.3 Å². The van der Waals surface area contributed by atoms with Crippen LogP contribution in [-0.2, 0) is 0 Å². The number of rotatable bonds is 6. The fraction of sp³-hybridized carbons (Fsp3) is 0.273. The van der Waals surface area contributed by atoms with Gasteiger partial charge in [-0.1, -0.05) is 18.6 Å². The van der Waals surface area contributed by atoms with Crippen LogP contribution in [0.2, 0.25) is 0 Å². The van der Waals surface area contributed by atoms with Crippen molar-refractivity contribution in [2.75, 3.05) is 11.9 Å². The number of Topliss-reactive ketones (excluding diaryl/α,β-unsaturated/α-hetero) is 1. The van der Waals surface area contributed by atoms with Gasteiger partial charge in [0.1, 0.15) is 29.4 Å². The van der Waals surface area contributed by atoms with Crippen LogP contribution in [0.25, 0.3) is 11.1 Å². The molecule has 4 rings (SSSR count). The summed E-state index contributed by atoms with van der Waals surface area (Å²) in [4.78, 5) is 17.9. The van der Waals surface area contributed by atoms with Crippen LogP contribution in [-0.4, -0.2) is 39.6 Å². The largest absolute Gasteiger partial charge is 0.357 e. The molecule has 30 heavy (non-hydrogen) atoms. The Morgan fingerprint density at radius 3 is 2.83 bits per heavy atom. The van der Waals surface area contributed by atoms with Crippen LogP contribution >= 0.6 is 0 Å². The van der Waals surface area contributed by atoms with Crippen LogP contribution in [0.3, 0.4) is 0 Å². The molecule has 152 valence electrons. The van der Waals surface area contributed by atoms with Crippen molar-refractivity contribution in [1.82, 2.24) is 20.5 Å². The minimum Gasteiger partial charge on any atom is -0.357 e. The van der Waals surface area contributed by atoms with Gasteiger partial charge in [-0.15, -0.1) is 0 Å². The van der Waals surface area contributed by atoms with E-state index in [0.717, 1.165) is 25.8 Å². The van der Waals surface area contributed by atoms with Crippen LogP contribution in [0, 0.1) is 17.1 Å². The fourth-order valence-corrected chi connectivity index (χ4v) is 3.75. The van der Waals surface area contributed by atoms with Crippen molar-refractivity contribution in [3.05, 3.63) is 65.9 Å². The van der Waals surface area contributed by atoms with E-state index in [2.05, 4.69) is 31.9 Å². The molecule has 2 aromatic heterocycles. The Balaban J connectivity index is 1.69. The number of pyridine rings is 1. The highest BCUT2D eigenvalue weighted by Crippen LogP contribution is 2.26. The zero-order valence-electron chi connectivity index (χ0n) is 16.2. The van der Waals surface area contributed by atoms with Gasteiger partial charge in [0.25, 0.3) is 0 Å². The molecule has 0 aliphatic carbocycles. The summed E-state index contributed by atoms with van der Waals surface area (Å²) in [5.41, 5.74) is 2.00. The van der Waals surface area contributed by atoms with Crippen molar-refractivity contribution in [3.8, 4) is 17.2 Å². The van der Waals surface area contributed by atoms with E-state index >= 15 is 0 Å². The number of aromatic amines is 1. The predicted octanol–water partition coefficient (Wildman–Crippen LogP) is 3.29. The van der Waals surface area contributed by atoms with Gasteiger partial charge in [0.15, 0.2) is 0 Å². The molecule has 1 fully saturated rings. The van der Waals surface area contributed by atoms with Gasteiger partial charge in [-0.3, -0.25) is 9.89 Å². The first-order valence-electron chi connectivity index (χ1n) is 9.86. The number of halogens is 1. The molecule has 0 radical (unpaired) electrons. The van der Waals surface area contributed by atoms with E-state index in [0.29, 0.717) is 28.2 Å². The average molecular weight is 404 g/mol. The van der Waals surface area contributed by atoms with Crippen LogP contribution in [0.15, 0.2) is 48.8 Å². The molecule has 1 unspecified atom stereocenters. The van der Waals surface area contributed by atoms with E-state index in [1.807, 2.05) is 0 Å². The molecule has 0 saturated carbocycles. The summed E-state index contributed by atoms with van der Waals surface area (Å²) < 4.78 is 13.3. The third-order valence-electron chi connectivity index (χ3n) is 5.29. The monoisotopic (exact) mass is 404 g/mol. The standard InChI is InChI=1S/C22H21FN6O/c23-16-8-6-14(7-9-16)17-13-27-29-19(17)21(30)20(18-5-1-2-10-25-18)28-22-15(12-24)4-3-11-26-22/h3-4,6-9,11,13,18,20,25H,1-2,5,10H2,(H,26,28)(H,27,29)/t18?,20-/m0/s1. The summed E-state index contributed by atoms with van der Waals surface area (Å²) in [5, 5.41) is 22.9. The van der Waals surface area contributed by atoms with Gasteiger partial charge < -0.3 is 10.6 Å². The quantitative estimate of drug-likeness (QED) is 0.545. The van der Waals surface area contributed by atoms with Gasteiger partial charge in [0.2, 0.25) is 5.78 Å².